The molecule has 0 N–H and O–H groups in total. The van der Waals surface area contributed by atoms with E-state index in [0.717, 1.165) is 21.9 Å². The molecule has 0 fully saturated rings. The van der Waals surface area contributed by atoms with Gasteiger partial charge in [0.25, 0.3) is 0 Å². The molecule has 1 aliphatic rings. The summed E-state index contributed by atoms with van der Waals surface area (Å²) >= 11 is 7.11. The molecule has 2 rings (SSSR count). The third-order valence-corrected chi connectivity index (χ3v) is 4.87. The first-order valence-electron chi connectivity index (χ1n) is 4.77. The lowest BCUT2D eigenvalue weighted by molar-refractivity contribution is 0.247. The molecule has 0 aliphatic carbocycles. The van der Waals surface area contributed by atoms with Crippen LogP contribution in [0.15, 0.2) is 21.1 Å². The summed E-state index contributed by atoms with van der Waals surface area (Å²) < 4.78 is 2.31. The van der Waals surface area contributed by atoms with Crippen molar-refractivity contribution in [3.63, 3.8) is 0 Å². The van der Waals surface area contributed by atoms with Gasteiger partial charge in [0.15, 0.2) is 0 Å². The van der Waals surface area contributed by atoms with Crippen molar-refractivity contribution in [2.45, 2.75) is 19.4 Å². The summed E-state index contributed by atoms with van der Waals surface area (Å²) in [5, 5.41) is 0. The Labute approximate surface area is 102 Å². The van der Waals surface area contributed by atoms with E-state index in [-0.39, 0.29) is 0 Å². The molecule has 3 heteroatoms. The van der Waals surface area contributed by atoms with Gasteiger partial charge in [0.2, 0.25) is 0 Å². The van der Waals surface area contributed by atoms with Crippen molar-refractivity contribution >= 4 is 31.9 Å². The van der Waals surface area contributed by atoms with Crippen LogP contribution in [0.25, 0.3) is 0 Å². The van der Waals surface area contributed by atoms with Gasteiger partial charge < -0.3 is 0 Å². The smallest absolute Gasteiger partial charge is 0.0320 e. The van der Waals surface area contributed by atoms with Crippen LogP contribution in [0.1, 0.15) is 24.1 Å². The second kappa shape index (κ2) is 3.95. The van der Waals surface area contributed by atoms with Gasteiger partial charge in [-0.15, -0.1) is 0 Å². The third kappa shape index (κ3) is 1.77. The van der Waals surface area contributed by atoms with Crippen LogP contribution in [0.3, 0.4) is 0 Å². The van der Waals surface area contributed by atoms with Crippen molar-refractivity contribution in [3.05, 3.63) is 32.2 Å². The fraction of sp³-hybridized carbons (Fsp3) is 0.455. The number of rotatable bonds is 0. The van der Waals surface area contributed by atoms with Gasteiger partial charge in [-0.3, -0.25) is 4.90 Å². The summed E-state index contributed by atoms with van der Waals surface area (Å²) in [5.41, 5.74) is 2.93. The first-order chi connectivity index (χ1) is 6.59. The molecule has 1 atom stereocenters. The van der Waals surface area contributed by atoms with Crippen LogP contribution in [-0.4, -0.2) is 18.5 Å². The molecule has 1 aromatic carbocycles. The molecule has 1 aliphatic heterocycles. The maximum absolute atomic E-state index is 3.56. The molecule has 76 valence electrons. The van der Waals surface area contributed by atoms with Gasteiger partial charge in [0.05, 0.1) is 0 Å². The highest BCUT2D eigenvalue weighted by atomic mass is 79.9. The van der Waals surface area contributed by atoms with E-state index in [0.29, 0.717) is 6.04 Å². The van der Waals surface area contributed by atoms with Crippen molar-refractivity contribution in [2.75, 3.05) is 13.6 Å². The standard InChI is InChI=1S/C11H13Br2N/c1-7-9-6-11(13)10(12)5-8(9)3-4-14(7)2/h5-7H,3-4H2,1-2H3. The number of fused-ring (bicyclic) bond motifs is 1. The fourth-order valence-electron chi connectivity index (χ4n) is 1.94. The molecule has 14 heavy (non-hydrogen) atoms. The monoisotopic (exact) mass is 317 g/mol. The van der Waals surface area contributed by atoms with E-state index in [2.05, 4.69) is 62.9 Å². The van der Waals surface area contributed by atoms with E-state index in [1.54, 1.807) is 0 Å². The Morgan fingerprint density at radius 2 is 1.93 bits per heavy atom. The minimum Gasteiger partial charge on any atom is -0.299 e. The topological polar surface area (TPSA) is 3.24 Å². The summed E-state index contributed by atoms with van der Waals surface area (Å²) in [5.74, 6) is 0. The summed E-state index contributed by atoms with van der Waals surface area (Å²) in [4.78, 5) is 2.39. The highest BCUT2D eigenvalue weighted by molar-refractivity contribution is 9.13. The Kier molecular flexibility index (Phi) is 3.01. The van der Waals surface area contributed by atoms with Gasteiger partial charge in [-0.05, 0) is 75.5 Å². The van der Waals surface area contributed by atoms with Crippen molar-refractivity contribution in [1.29, 1.82) is 0 Å². The third-order valence-electron chi connectivity index (χ3n) is 3.03. The molecule has 1 nitrogen and oxygen atoms in total. The van der Waals surface area contributed by atoms with E-state index in [4.69, 9.17) is 0 Å². The summed E-state index contributed by atoms with van der Waals surface area (Å²) in [7, 11) is 2.18. The van der Waals surface area contributed by atoms with Crippen molar-refractivity contribution in [3.8, 4) is 0 Å². The van der Waals surface area contributed by atoms with Crippen LogP contribution in [0.4, 0.5) is 0 Å². The zero-order chi connectivity index (χ0) is 10.3. The van der Waals surface area contributed by atoms with Crippen molar-refractivity contribution in [1.82, 2.24) is 4.90 Å². The number of nitrogens with zero attached hydrogens (tertiary/aromatic N) is 1. The van der Waals surface area contributed by atoms with Crippen LogP contribution >= 0.6 is 31.9 Å². The lowest BCUT2D eigenvalue weighted by Crippen LogP contribution is -2.30. The Balaban J connectivity index is 2.50. The molecule has 0 bridgehead atoms. The molecule has 1 unspecified atom stereocenters. The SMILES string of the molecule is CC1c2cc(Br)c(Br)cc2CCN1C. The second-order valence-corrected chi connectivity index (χ2v) is 5.58. The van der Waals surface area contributed by atoms with Gasteiger partial charge in [-0.25, -0.2) is 0 Å². The van der Waals surface area contributed by atoms with Gasteiger partial charge in [0, 0.05) is 21.5 Å². The molecular formula is C11H13Br2N. The van der Waals surface area contributed by atoms with E-state index in [1.165, 1.54) is 11.1 Å². The zero-order valence-corrected chi connectivity index (χ0v) is 11.5. The van der Waals surface area contributed by atoms with Crippen molar-refractivity contribution < 1.29 is 0 Å². The Bertz CT molecular complexity index is 363. The molecule has 0 aromatic heterocycles. The Morgan fingerprint density at radius 1 is 1.29 bits per heavy atom. The Morgan fingerprint density at radius 3 is 2.64 bits per heavy atom. The minimum absolute atomic E-state index is 0.531. The van der Waals surface area contributed by atoms with Gasteiger partial charge in [-0.2, -0.15) is 0 Å². The van der Waals surface area contributed by atoms with E-state index >= 15 is 0 Å². The molecule has 0 saturated heterocycles. The first-order valence-corrected chi connectivity index (χ1v) is 6.36. The molecule has 0 radical (unpaired) electrons. The van der Waals surface area contributed by atoms with Crippen LogP contribution in [0.5, 0.6) is 0 Å². The molecule has 1 aromatic rings. The van der Waals surface area contributed by atoms with Gasteiger partial charge >= 0.3 is 0 Å². The first kappa shape index (κ1) is 10.7. The number of hydrogen-bond acceptors (Lipinski definition) is 1. The van der Waals surface area contributed by atoms with E-state index < -0.39 is 0 Å². The minimum atomic E-state index is 0.531. The van der Waals surface area contributed by atoms with Crippen LogP contribution in [0, 0.1) is 0 Å². The maximum Gasteiger partial charge on any atom is 0.0320 e. The average Bonchev–Trinajstić information content (AvgIpc) is 2.15. The average molecular weight is 319 g/mol. The van der Waals surface area contributed by atoms with Crippen LogP contribution < -0.4 is 0 Å². The molecule has 0 saturated carbocycles. The number of halogens is 2. The quantitative estimate of drug-likeness (QED) is 0.704. The summed E-state index contributed by atoms with van der Waals surface area (Å²) in [6.07, 6.45) is 1.15. The molecule has 0 spiro atoms. The predicted molar refractivity (Wildman–Crippen MR) is 66.6 cm³/mol. The fourth-order valence-corrected chi connectivity index (χ4v) is 2.69. The maximum atomic E-state index is 3.56. The van der Waals surface area contributed by atoms with E-state index in [1.807, 2.05) is 0 Å². The van der Waals surface area contributed by atoms with Crippen molar-refractivity contribution in [2.24, 2.45) is 0 Å². The summed E-state index contributed by atoms with van der Waals surface area (Å²) in [6.45, 7) is 3.42. The molecular weight excluding hydrogens is 306 g/mol. The second-order valence-electron chi connectivity index (χ2n) is 3.87. The molecule has 1 heterocycles. The number of likely N-dealkylation sites (N-methyl/N-ethyl adjacent to an activating group) is 1. The lowest BCUT2D eigenvalue weighted by atomic mass is 9.94. The zero-order valence-electron chi connectivity index (χ0n) is 8.35. The van der Waals surface area contributed by atoms with Crippen LogP contribution in [-0.2, 0) is 6.42 Å². The highest BCUT2D eigenvalue weighted by Crippen LogP contribution is 2.34. The Hall–Kier alpha value is 0.140. The number of benzene rings is 1. The highest BCUT2D eigenvalue weighted by Gasteiger charge is 2.21. The summed E-state index contributed by atoms with van der Waals surface area (Å²) in [6, 6.07) is 5.01. The largest absolute Gasteiger partial charge is 0.299 e. The van der Waals surface area contributed by atoms with Gasteiger partial charge in [-0.1, -0.05) is 0 Å². The molecule has 0 amide bonds. The van der Waals surface area contributed by atoms with Crippen LogP contribution in [0.2, 0.25) is 0 Å². The normalized spacial score (nSPS) is 22.1. The van der Waals surface area contributed by atoms with E-state index in [9.17, 15) is 0 Å². The van der Waals surface area contributed by atoms with Gasteiger partial charge in [0.1, 0.15) is 0 Å². The number of hydrogen-bond donors (Lipinski definition) is 0. The predicted octanol–water partition coefficient (Wildman–Crippen LogP) is 3.76. The lowest BCUT2D eigenvalue weighted by Gasteiger charge is -2.32.